The molecule has 1 fully saturated rings. The number of aromatic nitrogens is 2. The molecular formula is C26H30FN3O3. The van der Waals surface area contributed by atoms with Crippen molar-refractivity contribution in [3.63, 3.8) is 0 Å². The highest BCUT2D eigenvalue weighted by Crippen LogP contribution is 2.35. The highest BCUT2D eigenvalue weighted by molar-refractivity contribution is 5.81. The first-order valence-electron chi connectivity index (χ1n) is 11.4. The van der Waals surface area contributed by atoms with Gasteiger partial charge in [-0.15, -0.1) is 0 Å². The van der Waals surface area contributed by atoms with E-state index in [1.807, 2.05) is 43.0 Å². The molecule has 0 N–H and O–H groups in total. The lowest BCUT2D eigenvalue weighted by molar-refractivity contribution is -0.133. The zero-order valence-electron chi connectivity index (χ0n) is 19.4. The van der Waals surface area contributed by atoms with E-state index in [0.29, 0.717) is 43.4 Å². The summed E-state index contributed by atoms with van der Waals surface area (Å²) in [6.07, 6.45) is 2.54. The van der Waals surface area contributed by atoms with E-state index < -0.39 is 0 Å². The maximum Gasteiger partial charge on any atom is 0.227 e. The van der Waals surface area contributed by atoms with Crippen LogP contribution >= 0.6 is 0 Å². The van der Waals surface area contributed by atoms with Crippen molar-refractivity contribution in [1.82, 2.24) is 14.7 Å². The van der Waals surface area contributed by atoms with E-state index in [1.54, 1.807) is 23.9 Å². The summed E-state index contributed by atoms with van der Waals surface area (Å²) in [5.74, 6) is 1.14. The Morgan fingerprint density at radius 1 is 1.21 bits per heavy atom. The third-order valence-electron chi connectivity index (χ3n) is 5.78. The van der Waals surface area contributed by atoms with Crippen LogP contribution in [0.15, 0.2) is 48.5 Å². The van der Waals surface area contributed by atoms with Crippen molar-refractivity contribution in [1.29, 1.82) is 0 Å². The van der Waals surface area contributed by atoms with Gasteiger partial charge in [0.15, 0.2) is 0 Å². The Kier molecular flexibility index (Phi) is 7.08. The molecule has 33 heavy (non-hydrogen) atoms. The third-order valence-corrected chi connectivity index (χ3v) is 5.78. The maximum atomic E-state index is 13.6. The van der Waals surface area contributed by atoms with E-state index in [0.717, 1.165) is 29.7 Å². The summed E-state index contributed by atoms with van der Waals surface area (Å²) >= 11 is 0. The normalized spacial score (nSPS) is 13.2. The molecule has 2 aromatic carbocycles. The molecule has 1 aliphatic rings. The van der Waals surface area contributed by atoms with Crippen molar-refractivity contribution in [2.24, 2.45) is 5.92 Å². The molecule has 0 aliphatic heterocycles. The van der Waals surface area contributed by atoms with Gasteiger partial charge in [-0.3, -0.25) is 4.79 Å². The number of nitrogens with zero attached hydrogens (tertiary/aromatic N) is 3. The van der Waals surface area contributed by atoms with Gasteiger partial charge in [0.2, 0.25) is 11.8 Å². The number of halogens is 1. The summed E-state index contributed by atoms with van der Waals surface area (Å²) in [7, 11) is 1.64. The van der Waals surface area contributed by atoms with Gasteiger partial charge < -0.3 is 14.4 Å². The first-order valence-corrected chi connectivity index (χ1v) is 11.4. The van der Waals surface area contributed by atoms with Gasteiger partial charge in [-0.25, -0.2) is 9.07 Å². The molecule has 0 saturated heterocycles. The number of hydrogen-bond donors (Lipinski definition) is 0. The van der Waals surface area contributed by atoms with Crippen molar-refractivity contribution < 1.29 is 18.7 Å². The van der Waals surface area contributed by atoms with Gasteiger partial charge in [0.05, 0.1) is 30.1 Å². The largest absolute Gasteiger partial charge is 0.439 e. The lowest BCUT2D eigenvalue weighted by Gasteiger charge is -2.23. The maximum absolute atomic E-state index is 13.6. The second-order valence-corrected chi connectivity index (χ2v) is 8.42. The Hall–Kier alpha value is -3.19. The lowest BCUT2D eigenvalue weighted by atomic mass is 10.1. The molecule has 3 aromatic rings. The molecule has 6 nitrogen and oxygen atoms in total. The molecule has 1 aromatic heterocycles. The predicted molar refractivity (Wildman–Crippen MR) is 124 cm³/mol. The van der Waals surface area contributed by atoms with Crippen molar-refractivity contribution in [3.8, 4) is 17.3 Å². The van der Waals surface area contributed by atoms with Crippen LogP contribution in [0.2, 0.25) is 0 Å². The molecule has 7 heteroatoms. The van der Waals surface area contributed by atoms with E-state index >= 15 is 0 Å². The molecule has 1 amide bonds. The summed E-state index contributed by atoms with van der Waals surface area (Å²) in [4.78, 5) is 14.8. The quantitative estimate of drug-likeness (QED) is 0.432. The average Bonchev–Trinajstić information content (AvgIpc) is 3.61. The van der Waals surface area contributed by atoms with Crippen LogP contribution in [0.25, 0.3) is 5.69 Å². The minimum Gasteiger partial charge on any atom is -0.439 e. The summed E-state index contributed by atoms with van der Waals surface area (Å²) in [6.45, 7) is 5.37. The SMILES string of the molecule is CCc1nn(-c2ccc(F)cc2)c(Oc2cccc(C)c2)c1CN(CCOC)C(=O)C1CC1. The minimum atomic E-state index is -0.316. The Morgan fingerprint density at radius 2 is 1.97 bits per heavy atom. The summed E-state index contributed by atoms with van der Waals surface area (Å²) in [5, 5.41) is 4.80. The predicted octanol–water partition coefficient (Wildman–Crippen LogP) is 5.06. The number of carbonyl (C=O) groups is 1. The van der Waals surface area contributed by atoms with Crippen molar-refractivity contribution in [2.45, 2.75) is 39.7 Å². The molecule has 174 valence electrons. The zero-order valence-corrected chi connectivity index (χ0v) is 19.4. The fourth-order valence-electron chi connectivity index (χ4n) is 3.82. The van der Waals surface area contributed by atoms with Crippen LogP contribution in [-0.2, 0) is 22.5 Å². The third kappa shape index (κ3) is 5.42. The Labute approximate surface area is 193 Å². The van der Waals surface area contributed by atoms with E-state index in [1.165, 1.54) is 12.1 Å². The number of rotatable bonds is 10. The van der Waals surface area contributed by atoms with Crippen LogP contribution in [0.5, 0.6) is 11.6 Å². The van der Waals surface area contributed by atoms with Crippen molar-refractivity contribution in [2.75, 3.05) is 20.3 Å². The molecule has 0 spiro atoms. The first kappa shape index (κ1) is 23.0. The molecule has 0 unspecified atom stereocenters. The standard InChI is InChI=1S/C26H30FN3O3/c1-4-24-23(17-29(14-15-32-3)25(31)19-8-9-19)26(33-22-7-5-6-18(2)16-22)30(28-24)21-12-10-20(27)11-13-21/h5-7,10-13,16,19H,4,8-9,14-15,17H2,1-3H3. The molecule has 1 aliphatic carbocycles. The highest BCUT2D eigenvalue weighted by Gasteiger charge is 2.34. The van der Waals surface area contributed by atoms with Crippen molar-refractivity contribution >= 4 is 5.91 Å². The Morgan fingerprint density at radius 3 is 2.61 bits per heavy atom. The molecular weight excluding hydrogens is 421 g/mol. The van der Waals surface area contributed by atoms with Gasteiger partial charge in [-0.05, 0) is 68.1 Å². The lowest BCUT2D eigenvalue weighted by Crippen LogP contribution is -2.34. The second kappa shape index (κ2) is 10.2. The van der Waals surface area contributed by atoms with Crippen LogP contribution in [0.4, 0.5) is 4.39 Å². The highest BCUT2D eigenvalue weighted by atomic mass is 19.1. The van der Waals surface area contributed by atoms with Gasteiger partial charge in [-0.1, -0.05) is 19.1 Å². The van der Waals surface area contributed by atoms with Crippen LogP contribution in [-0.4, -0.2) is 40.8 Å². The first-order chi connectivity index (χ1) is 16.0. The molecule has 0 bridgehead atoms. The zero-order chi connectivity index (χ0) is 23.4. The van der Waals surface area contributed by atoms with Crippen LogP contribution in [0.3, 0.4) is 0 Å². The number of hydrogen-bond acceptors (Lipinski definition) is 4. The summed E-state index contributed by atoms with van der Waals surface area (Å²) in [5.41, 5.74) is 3.46. The second-order valence-electron chi connectivity index (χ2n) is 8.42. The molecule has 1 heterocycles. The molecule has 0 atom stereocenters. The number of carbonyl (C=O) groups excluding carboxylic acids is 1. The summed E-state index contributed by atoms with van der Waals surface area (Å²) < 4.78 is 26.9. The monoisotopic (exact) mass is 451 g/mol. The molecule has 0 radical (unpaired) electrons. The van der Waals surface area contributed by atoms with Gasteiger partial charge >= 0.3 is 0 Å². The van der Waals surface area contributed by atoms with Crippen LogP contribution in [0, 0.1) is 18.7 Å². The number of methoxy groups -OCH3 is 1. The molecule has 4 rings (SSSR count). The van der Waals surface area contributed by atoms with Gasteiger partial charge in [0, 0.05) is 19.6 Å². The van der Waals surface area contributed by atoms with Crippen molar-refractivity contribution in [3.05, 3.63) is 71.2 Å². The average molecular weight is 452 g/mol. The summed E-state index contributed by atoms with van der Waals surface area (Å²) in [6, 6.07) is 13.9. The Balaban J connectivity index is 1.77. The number of benzene rings is 2. The number of amides is 1. The van der Waals surface area contributed by atoms with Gasteiger partial charge in [0.1, 0.15) is 11.6 Å². The van der Waals surface area contributed by atoms with E-state index in [2.05, 4.69) is 0 Å². The number of aryl methyl sites for hydroxylation is 2. The van der Waals surface area contributed by atoms with E-state index in [4.69, 9.17) is 14.6 Å². The van der Waals surface area contributed by atoms with Crippen LogP contribution < -0.4 is 4.74 Å². The Bertz CT molecular complexity index is 1110. The number of ether oxygens (including phenoxy) is 2. The van der Waals surface area contributed by atoms with Crippen LogP contribution in [0.1, 0.15) is 36.6 Å². The smallest absolute Gasteiger partial charge is 0.227 e. The van der Waals surface area contributed by atoms with Gasteiger partial charge in [0.25, 0.3) is 0 Å². The van der Waals surface area contributed by atoms with E-state index in [9.17, 15) is 9.18 Å². The topological polar surface area (TPSA) is 56.6 Å². The van der Waals surface area contributed by atoms with Gasteiger partial charge in [-0.2, -0.15) is 5.10 Å². The fourth-order valence-corrected chi connectivity index (χ4v) is 3.82. The van der Waals surface area contributed by atoms with E-state index in [-0.39, 0.29) is 17.6 Å². The minimum absolute atomic E-state index is 0.0974. The molecule has 1 saturated carbocycles. The fraction of sp³-hybridized carbons (Fsp3) is 0.385.